The Morgan fingerprint density at radius 3 is 2.87 bits per heavy atom. The average Bonchev–Trinajstić information content (AvgIpc) is 2.67. The molecule has 1 amide bonds. The van der Waals surface area contributed by atoms with Crippen LogP contribution in [-0.4, -0.2) is 25.0 Å². The van der Waals surface area contributed by atoms with Crippen LogP contribution in [0.1, 0.15) is 23.5 Å². The van der Waals surface area contributed by atoms with Gasteiger partial charge in [-0.25, -0.2) is 0 Å². The summed E-state index contributed by atoms with van der Waals surface area (Å²) in [6.07, 6.45) is 0. The fourth-order valence-electron chi connectivity index (χ4n) is 1.16. The molecular weight excluding hydrogens is 232 g/mol. The molecule has 1 heterocycles. The summed E-state index contributed by atoms with van der Waals surface area (Å²) in [5, 5.41) is 8.02. The van der Waals surface area contributed by atoms with Crippen molar-refractivity contribution in [3.05, 3.63) is 22.4 Å². The van der Waals surface area contributed by atoms with E-state index in [9.17, 15) is 4.79 Å². The summed E-state index contributed by atoms with van der Waals surface area (Å²) in [5.74, 6) is 0.0183. The lowest BCUT2D eigenvalue weighted by Crippen LogP contribution is -2.38. The second kappa shape index (κ2) is 7.68. The summed E-state index contributed by atoms with van der Waals surface area (Å²) in [4.78, 5) is 12.3. The van der Waals surface area contributed by atoms with Crippen molar-refractivity contribution in [3.8, 4) is 0 Å². The molecule has 1 aromatic heterocycles. The number of carbonyl (C=O) groups excluding carboxylic acids is 1. The molecular formula is C10H17ClN2OS. The summed E-state index contributed by atoms with van der Waals surface area (Å²) in [6, 6.07) is 4.04. The number of likely N-dealkylation sites (N-methyl/N-ethyl adjacent to an activating group) is 1. The molecule has 0 aliphatic heterocycles. The quantitative estimate of drug-likeness (QED) is 0.836. The zero-order valence-corrected chi connectivity index (χ0v) is 10.6. The average molecular weight is 249 g/mol. The smallest absolute Gasteiger partial charge is 0.261 e. The molecule has 15 heavy (non-hydrogen) atoms. The number of halogens is 1. The van der Waals surface area contributed by atoms with Gasteiger partial charge in [0, 0.05) is 12.6 Å². The van der Waals surface area contributed by atoms with Crippen molar-refractivity contribution in [1.82, 2.24) is 10.6 Å². The Bertz CT molecular complexity index is 277. The number of hydrogen-bond donors (Lipinski definition) is 2. The van der Waals surface area contributed by atoms with Crippen molar-refractivity contribution in [1.29, 1.82) is 0 Å². The fraction of sp³-hybridized carbons (Fsp3) is 0.500. The Morgan fingerprint density at radius 1 is 1.60 bits per heavy atom. The van der Waals surface area contributed by atoms with Crippen molar-refractivity contribution >= 4 is 29.7 Å². The highest BCUT2D eigenvalue weighted by atomic mass is 35.5. The van der Waals surface area contributed by atoms with Crippen molar-refractivity contribution in [2.45, 2.75) is 19.9 Å². The third-order valence-electron chi connectivity index (χ3n) is 1.87. The fourth-order valence-corrected chi connectivity index (χ4v) is 1.80. The summed E-state index contributed by atoms with van der Waals surface area (Å²) in [7, 11) is 0. The summed E-state index contributed by atoms with van der Waals surface area (Å²) in [5.41, 5.74) is 0. The van der Waals surface area contributed by atoms with Gasteiger partial charge >= 0.3 is 0 Å². The van der Waals surface area contributed by atoms with E-state index in [-0.39, 0.29) is 18.3 Å². The molecule has 5 heteroatoms. The summed E-state index contributed by atoms with van der Waals surface area (Å²) < 4.78 is 0. The molecule has 1 aromatic rings. The van der Waals surface area contributed by atoms with Crippen LogP contribution in [0.25, 0.3) is 0 Å². The van der Waals surface area contributed by atoms with Gasteiger partial charge in [-0.1, -0.05) is 13.0 Å². The molecule has 0 saturated heterocycles. The highest BCUT2D eigenvalue weighted by Crippen LogP contribution is 2.07. The van der Waals surface area contributed by atoms with Crippen LogP contribution in [0.2, 0.25) is 0 Å². The third kappa shape index (κ3) is 5.16. The van der Waals surface area contributed by atoms with Gasteiger partial charge in [-0.2, -0.15) is 0 Å². The van der Waals surface area contributed by atoms with Crippen LogP contribution in [0.15, 0.2) is 17.5 Å². The van der Waals surface area contributed by atoms with Gasteiger partial charge < -0.3 is 10.6 Å². The molecule has 0 aliphatic rings. The highest BCUT2D eigenvalue weighted by molar-refractivity contribution is 7.12. The molecule has 0 unspecified atom stereocenters. The molecule has 0 fully saturated rings. The monoisotopic (exact) mass is 248 g/mol. The van der Waals surface area contributed by atoms with Crippen LogP contribution in [0.3, 0.4) is 0 Å². The molecule has 1 atom stereocenters. The predicted octanol–water partition coefficient (Wildman–Crippen LogP) is 1.90. The topological polar surface area (TPSA) is 41.1 Å². The van der Waals surface area contributed by atoms with Crippen LogP contribution >= 0.6 is 23.7 Å². The Labute approximate surface area is 101 Å². The first-order chi connectivity index (χ1) is 6.74. The lowest BCUT2D eigenvalue weighted by molar-refractivity contribution is 0.0954. The molecule has 0 radical (unpaired) electrons. The zero-order valence-electron chi connectivity index (χ0n) is 8.95. The lowest BCUT2D eigenvalue weighted by Gasteiger charge is -2.12. The minimum Gasteiger partial charge on any atom is -0.350 e. The minimum absolute atomic E-state index is 0. The van der Waals surface area contributed by atoms with Gasteiger partial charge in [0.2, 0.25) is 0 Å². The number of hydrogen-bond acceptors (Lipinski definition) is 3. The standard InChI is InChI=1S/C10H16N2OS.ClH/c1-3-11-8(2)7-12-10(13)9-5-4-6-14-9;/h4-6,8,11H,3,7H2,1-2H3,(H,12,13);1H/t8-;/m1./s1. The number of rotatable bonds is 5. The molecule has 2 N–H and O–H groups in total. The van der Waals surface area contributed by atoms with E-state index in [1.54, 1.807) is 0 Å². The maximum absolute atomic E-state index is 11.5. The molecule has 0 aromatic carbocycles. The van der Waals surface area contributed by atoms with Gasteiger partial charge in [-0.15, -0.1) is 23.7 Å². The molecule has 0 spiro atoms. The summed E-state index contributed by atoms with van der Waals surface area (Å²) >= 11 is 1.46. The van der Waals surface area contributed by atoms with E-state index in [2.05, 4.69) is 24.5 Å². The number of amides is 1. The maximum Gasteiger partial charge on any atom is 0.261 e. The van der Waals surface area contributed by atoms with Gasteiger partial charge in [0.25, 0.3) is 5.91 Å². The SMILES string of the molecule is CCN[C@H](C)CNC(=O)c1cccs1.Cl. The molecule has 1 rings (SSSR count). The Balaban J connectivity index is 0.00000196. The summed E-state index contributed by atoms with van der Waals surface area (Å²) in [6.45, 7) is 5.70. The van der Waals surface area contributed by atoms with E-state index in [1.165, 1.54) is 11.3 Å². The Kier molecular flexibility index (Phi) is 7.38. The second-order valence-electron chi connectivity index (χ2n) is 3.15. The highest BCUT2D eigenvalue weighted by Gasteiger charge is 2.07. The van der Waals surface area contributed by atoms with Crippen LogP contribution in [-0.2, 0) is 0 Å². The van der Waals surface area contributed by atoms with Crippen LogP contribution in [0, 0.1) is 0 Å². The number of carbonyl (C=O) groups is 1. The van der Waals surface area contributed by atoms with Crippen LogP contribution in [0.4, 0.5) is 0 Å². The van der Waals surface area contributed by atoms with E-state index in [0.29, 0.717) is 12.6 Å². The van der Waals surface area contributed by atoms with Crippen molar-refractivity contribution in [3.63, 3.8) is 0 Å². The second-order valence-corrected chi connectivity index (χ2v) is 4.09. The van der Waals surface area contributed by atoms with Gasteiger partial charge in [-0.05, 0) is 24.9 Å². The zero-order chi connectivity index (χ0) is 10.4. The maximum atomic E-state index is 11.5. The first-order valence-electron chi connectivity index (χ1n) is 4.79. The molecule has 3 nitrogen and oxygen atoms in total. The molecule has 0 aliphatic carbocycles. The van der Waals surface area contributed by atoms with E-state index in [1.807, 2.05) is 17.5 Å². The van der Waals surface area contributed by atoms with Crippen LogP contribution in [0.5, 0.6) is 0 Å². The van der Waals surface area contributed by atoms with E-state index >= 15 is 0 Å². The number of thiophene rings is 1. The van der Waals surface area contributed by atoms with Gasteiger partial charge in [0.05, 0.1) is 4.88 Å². The first-order valence-corrected chi connectivity index (χ1v) is 5.67. The lowest BCUT2D eigenvalue weighted by atomic mass is 10.3. The third-order valence-corrected chi connectivity index (χ3v) is 2.73. The molecule has 86 valence electrons. The normalized spacial score (nSPS) is 11.6. The van der Waals surface area contributed by atoms with Crippen molar-refractivity contribution < 1.29 is 4.79 Å². The molecule has 0 bridgehead atoms. The van der Waals surface area contributed by atoms with Gasteiger partial charge in [0.1, 0.15) is 0 Å². The van der Waals surface area contributed by atoms with Crippen LogP contribution < -0.4 is 10.6 Å². The molecule has 0 saturated carbocycles. The Morgan fingerprint density at radius 2 is 2.33 bits per heavy atom. The van der Waals surface area contributed by atoms with Crippen molar-refractivity contribution in [2.75, 3.05) is 13.1 Å². The van der Waals surface area contributed by atoms with E-state index < -0.39 is 0 Å². The minimum atomic E-state index is 0. The first kappa shape index (κ1) is 14.4. The van der Waals surface area contributed by atoms with Gasteiger partial charge in [0.15, 0.2) is 0 Å². The van der Waals surface area contributed by atoms with E-state index in [0.717, 1.165) is 11.4 Å². The largest absolute Gasteiger partial charge is 0.350 e. The Hall–Kier alpha value is -0.580. The number of nitrogens with one attached hydrogen (secondary N) is 2. The van der Waals surface area contributed by atoms with Crippen molar-refractivity contribution in [2.24, 2.45) is 0 Å². The predicted molar refractivity (Wildman–Crippen MR) is 67.0 cm³/mol. The van der Waals surface area contributed by atoms with E-state index in [4.69, 9.17) is 0 Å². The van der Waals surface area contributed by atoms with Gasteiger partial charge in [-0.3, -0.25) is 4.79 Å².